The van der Waals surface area contributed by atoms with Crippen molar-refractivity contribution in [1.82, 2.24) is 5.32 Å². The van der Waals surface area contributed by atoms with Gasteiger partial charge in [0.25, 0.3) is 0 Å². The van der Waals surface area contributed by atoms with E-state index < -0.39 is 24.3 Å². The number of carboxylic acids is 1. The SMILES string of the molecule is [2H]C([2H])(CCCCCCCCCC)C(=O)N[C@H](C(=O)O)C(C)C. The molecule has 1 amide bonds. The van der Waals surface area contributed by atoms with E-state index in [0.717, 1.165) is 19.3 Å². The first-order valence-corrected chi connectivity index (χ1v) is 8.26. The second-order valence-corrected chi connectivity index (χ2v) is 5.94. The number of carbonyl (C=O) groups excluding carboxylic acids is 1. The second kappa shape index (κ2) is 12.7. The largest absolute Gasteiger partial charge is 0.480 e. The summed E-state index contributed by atoms with van der Waals surface area (Å²) < 4.78 is 15.7. The topological polar surface area (TPSA) is 66.4 Å². The van der Waals surface area contributed by atoms with Crippen molar-refractivity contribution in [1.29, 1.82) is 0 Å². The average Bonchev–Trinajstić information content (AvgIpc) is 2.46. The van der Waals surface area contributed by atoms with Crippen LogP contribution in [0.1, 0.15) is 87.7 Å². The molecule has 4 heteroatoms. The van der Waals surface area contributed by atoms with Crippen LogP contribution in [0.15, 0.2) is 0 Å². The first-order valence-electron chi connectivity index (χ1n) is 9.26. The summed E-state index contributed by atoms with van der Waals surface area (Å²) in [5, 5.41) is 11.4. The molecule has 0 aliphatic carbocycles. The molecular weight excluding hydrogens is 266 g/mol. The molecule has 1 atom stereocenters. The van der Waals surface area contributed by atoms with E-state index >= 15 is 0 Å². The Balaban J connectivity index is 4.06. The normalized spacial score (nSPS) is 14.5. The van der Waals surface area contributed by atoms with Crippen molar-refractivity contribution in [3.63, 3.8) is 0 Å². The molecule has 4 nitrogen and oxygen atoms in total. The minimum atomic E-state index is -2.01. The summed E-state index contributed by atoms with van der Waals surface area (Å²) >= 11 is 0. The smallest absolute Gasteiger partial charge is 0.326 e. The highest BCUT2D eigenvalue weighted by Crippen LogP contribution is 2.10. The van der Waals surface area contributed by atoms with E-state index in [2.05, 4.69) is 12.2 Å². The van der Waals surface area contributed by atoms with Gasteiger partial charge in [0.1, 0.15) is 6.04 Å². The molecule has 0 saturated carbocycles. The van der Waals surface area contributed by atoms with Crippen molar-refractivity contribution in [2.75, 3.05) is 0 Å². The summed E-state index contributed by atoms with van der Waals surface area (Å²) in [7, 11) is 0. The van der Waals surface area contributed by atoms with Gasteiger partial charge in [-0.2, -0.15) is 0 Å². The van der Waals surface area contributed by atoms with Crippen molar-refractivity contribution in [2.45, 2.75) is 91.0 Å². The molecule has 0 fully saturated rings. The number of rotatable bonds is 13. The van der Waals surface area contributed by atoms with Gasteiger partial charge < -0.3 is 10.4 Å². The lowest BCUT2D eigenvalue weighted by molar-refractivity contribution is -0.143. The maximum atomic E-state index is 12.0. The number of carboxylic acid groups (broad SMARTS) is 1. The summed E-state index contributed by atoms with van der Waals surface area (Å²) in [5.41, 5.74) is 0. The maximum Gasteiger partial charge on any atom is 0.326 e. The number of unbranched alkanes of at least 4 members (excludes halogenated alkanes) is 7. The fourth-order valence-electron chi connectivity index (χ4n) is 2.17. The van der Waals surface area contributed by atoms with E-state index in [1.54, 1.807) is 13.8 Å². The van der Waals surface area contributed by atoms with E-state index in [4.69, 9.17) is 7.85 Å². The lowest BCUT2D eigenvalue weighted by Gasteiger charge is -2.17. The molecule has 0 saturated heterocycles. The molecule has 2 N–H and O–H groups in total. The number of amides is 1. The highest BCUT2D eigenvalue weighted by molar-refractivity contribution is 5.83. The van der Waals surface area contributed by atoms with Crippen molar-refractivity contribution >= 4 is 11.9 Å². The third-order valence-corrected chi connectivity index (χ3v) is 3.54. The molecular formula is C17H33NO3. The average molecular weight is 301 g/mol. The number of aliphatic carboxylic acids is 1. The van der Waals surface area contributed by atoms with Gasteiger partial charge in [0.05, 0.1) is 0 Å². The van der Waals surface area contributed by atoms with Crippen molar-refractivity contribution in [2.24, 2.45) is 5.92 Å². The highest BCUT2D eigenvalue weighted by atomic mass is 16.4. The molecule has 0 heterocycles. The van der Waals surface area contributed by atoms with Gasteiger partial charge in [-0.3, -0.25) is 4.79 Å². The highest BCUT2D eigenvalue weighted by Gasteiger charge is 2.22. The number of hydrogen-bond donors (Lipinski definition) is 2. The molecule has 0 aromatic carbocycles. The Bertz CT molecular complexity index is 360. The molecule has 124 valence electrons. The quantitative estimate of drug-likeness (QED) is 0.503. The second-order valence-electron chi connectivity index (χ2n) is 5.94. The Kier molecular flexibility index (Phi) is 9.84. The summed E-state index contributed by atoms with van der Waals surface area (Å²) in [4.78, 5) is 23.0. The summed E-state index contributed by atoms with van der Waals surface area (Å²) in [5.74, 6) is -2.23. The van der Waals surface area contributed by atoms with Gasteiger partial charge in [-0.15, -0.1) is 0 Å². The number of hydrogen-bond acceptors (Lipinski definition) is 2. The van der Waals surface area contributed by atoms with Crippen molar-refractivity contribution < 1.29 is 17.4 Å². The van der Waals surface area contributed by atoms with Gasteiger partial charge >= 0.3 is 5.97 Å². The van der Waals surface area contributed by atoms with Gasteiger partial charge in [-0.25, -0.2) is 4.79 Å². The summed E-state index contributed by atoms with van der Waals surface area (Å²) in [6.45, 7) is 5.56. The molecule has 0 unspecified atom stereocenters. The van der Waals surface area contributed by atoms with Gasteiger partial charge in [-0.05, 0) is 12.3 Å². The minimum absolute atomic E-state index is 0.137. The van der Waals surface area contributed by atoms with Crippen LogP contribution < -0.4 is 5.32 Å². The van der Waals surface area contributed by atoms with Gasteiger partial charge in [0, 0.05) is 9.11 Å². The van der Waals surface area contributed by atoms with Crippen LogP contribution in [0.5, 0.6) is 0 Å². The predicted octanol–water partition coefficient (Wildman–Crippen LogP) is 4.13. The van der Waals surface area contributed by atoms with Gasteiger partial charge in [0.2, 0.25) is 5.91 Å². The molecule has 0 spiro atoms. The van der Waals surface area contributed by atoms with E-state index in [-0.39, 0.29) is 12.3 Å². The Morgan fingerprint density at radius 2 is 1.48 bits per heavy atom. The molecule has 0 aromatic rings. The van der Waals surface area contributed by atoms with Crippen LogP contribution in [0, 0.1) is 5.92 Å². The minimum Gasteiger partial charge on any atom is -0.480 e. The first-order chi connectivity index (χ1) is 10.7. The molecule has 0 aliphatic heterocycles. The fraction of sp³-hybridized carbons (Fsp3) is 0.882. The third-order valence-electron chi connectivity index (χ3n) is 3.54. The van der Waals surface area contributed by atoms with Crippen LogP contribution >= 0.6 is 0 Å². The van der Waals surface area contributed by atoms with Gasteiger partial charge in [-0.1, -0.05) is 72.1 Å². The number of carbonyl (C=O) groups is 2. The molecule has 0 radical (unpaired) electrons. The van der Waals surface area contributed by atoms with Crippen LogP contribution in [0.3, 0.4) is 0 Å². The van der Waals surface area contributed by atoms with Crippen LogP contribution in [0.4, 0.5) is 0 Å². The molecule has 0 aromatic heterocycles. The molecule has 0 rings (SSSR count). The Labute approximate surface area is 132 Å². The van der Waals surface area contributed by atoms with Crippen LogP contribution in [-0.4, -0.2) is 23.0 Å². The summed E-state index contributed by atoms with van der Waals surface area (Å²) in [6, 6.07) is -1.05. The third kappa shape index (κ3) is 11.3. The zero-order valence-corrected chi connectivity index (χ0v) is 13.8. The molecule has 0 bridgehead atoms. The lowest BCUT2D eigenvalue weighted by atomic mass is 10.0. The zero-order chi connectivity index (χ0) is 17.9. The zero-order valence-electron chi connectivity index (χ0n) is 15.8. The Morgan fingerprint density at radius 3 is 1.90 bits per heavy atom. The maximum absolute atomic E-state index is 12.0. The van der Waals surface area contributed by atoms with E-state index in [1.165, 1.54) is 25.7 Å². The Morgan fingerprint density at radius 1 is 1.00 bits per heavy atom. The van der Waals surface area contributed by atoms with Crippen molar-refractivity contribution in [3.05, 3.63) is 0 Å². The Hall–Kier alpha value is -1.06. The lowest BCUT2D eigenvalue weighted by Crippen LogP contribution is -2.44. The monoisotopic (exact) mass is 301 g/mol. The van der Waals surface area contributed by atoms with E-state index in [1.807, 2.05) is 0 Å². The standard InChI is InChI=1S/C17H33NO3/c1-4-5-6-7-8-9-10-11-12-13-15(19)18-16(14(2)3)17(20)21/h14,16H,4-13H2,1-3H3,(H,18,19)(H,20,21)/t16-/m0/s1/i13D2. The number of nitrogens with one attached hydrogen (secondary N) is 1. The van der Waals surface area contributed by atoms with Crippen LogP contribution in [0.25, 0.3) is 0 Å². The fourth-order valence-corrected chi connectivity index (χ4v) is 2.17. The summed E-state index contributed by atoms with van der Waals surface area (Å²) in [6.07, 6.45) is 6.87. The molecule has 0 aliphatic rings. The van der Waals surface area contributed by atoms with E-state index in [9.17, 15) is 9.59 Å². The van der Waals surface area contributed by atoms with Crippen LogP contribution in [0.2, 0.25) is 0 Å². The first kappa shape index (κ1) is 16.3. The van der Waals surface area contributed by atoms with Gasteiger partial charge in [0.15, 0.2) is 0 Å². The van der Waals surface area contributed by atoms with Crippen molar-refractivity contribution in [3.8, 4) is 0 Å². The molecule has 21 heavy (non-hydrogen) atoms. The van der Waals surface area contributed by atoms with E-state index in [0.29, 0.717) is 6.42 Å². The predicted molar refractivity (Wildman–Crippen MR) is 86.2 cm³/mol. The van der Waals surface area contributed by atoms with Crippen LogP contribution in [-0.2, 0) is 9.59 Å².